The second-order valence-corrected chi connectivity index (χ2v) is 3.53. The van der Waals surface area contributed by atoms with E-state index in [1.807, 2.05) is 13.8 Å². The van der Waals surface area contributed by atoms with Crippen molar-refractivity contribution < 1.29 is 9.90 Å². The van der Waals surface area contributed by atoms with E-state index in [-0.39, 0.29) is 12.6 Å². The maximum Gasteiger partial charge on any atom is 0.318 e. The number of amides is 2. The molecule has 0 heterocycles. The Labute approximate surface area is 91.8 Å². The monoisotopic (exact) mass is 214 g/mol. The van der Waals surface area contributed by atoms with E-state index < -0.39 is 0 Å². The minimum absolute atomic E-state index is 0.160. The molecule has 88 valence electrons. The lowest BCUT2D eigenvalue weighted by atomic mass is 10.2. The largest absolute Gasteiger partial charge is 0.396 e. The van der Waals surface area contributed by atoms with Gasteiger partial charge in [-0.05, 0) is 32.6 Å². The Kier molecular flexibility index (Phi) is 8.87. The third kappa shape index (κ3) is 9.28. The van der Waals surface area contributed by atoms with Gasteiger partial charge >= 0.3 is 6.03 Å². The van der Waals surface area contributed by atoms with Crippen molar-refractivity contribution in [3.05, 3.63) is 11.8 Å². The lowest BCUT2D eigenvalue weighted by molar-refractivity contribution is 0.243. The number of carbonyl (C=O) groups excluding carboxylic acids is 1. The zero-order valence-electron chi connectivity index (χ0n) is 9.68. The normalized spacial score (nSPS) is 11.3. The van der Waals surface area contributed by atoms with Gasteiger partial charge < -0.3 is 15.7 Å². The first-order chi connectivity index (χ1) is 7.20. The van der Waals surface area contributed by atoms with Crippen LogP contribution in [0.4, 0.5) is 4.79 Å². The van der Waals surface area contributed by atoms with Crippen LogP contribution < -0.4 is 10.6 Å². The highest BCUT2D eigenvalue weighted by Gasteiger charge is 1.96. The van der Waals surface area contributed by atoms with Gasteiger partial charge in [-0.25, -0.2) is 4.79 Å². The molecular formula is C11H22N2O2. The SMILES string of the molecule is CC/C(C)=C/NC(=O)NCCCCCO. The van der Waals surface area contributed by atoms with Crippen LogP contribution in [0.3, 0.4) is 0 Å². The lowest BCUT2D eigenvalue weighted by Gasteiger charge is -2.04. The van der Waals surface area contributed by atoms with Crippen LogP contribution in [0.5, 0.6) is 0 Å². The molecule has 4 nitrogen and oxygen atoms in total. The van der Waals surface area contributed by atoms with Gasteiger partial charge in [0.2, 0.25) is 0 Å². The van der Waals surface area contributed by atoms with Gasteiger partial charge in [-0.2, -0.15) is 0 Å². The van der Waals surface area contributed by atoms with Crippen LogP contribution in [0.2, 0.25) is 0 Å². The van der Waals surface area contributed by atoms with Crippen LogP contribution in [0.1, 0.15) is 39.5 Å². The molecule has 4 heteroatoms. The van der Waals surface area contributed by atoms with Gasteiger partial charge in [0.25, 0.3) is 0 Å². The minimum Gasteiger partial charge on any atom is -0.396 e. The summed E-state index contributed by atoms with van der Waals surface area (Å²) in [4.78, 5) is 11.2. The van der Waals surface area contributed by atoms with Gasteiger partial charge in [0.05, 0.1) is 0 Å². The number of urea groups is 1. The van der Waals surface area contributed by atoms with E-state index in [1.54, 1.807) is 6.20 Å². The fourth-order valence-electron chi connectivity index (χ4n) is 0.957. The second kappa shape index (κ2) is 9.52. The van der Waals surface area contributed by atoms with Crippen molar-refractivity contribution in [3.63, 3.8) is 0 Å². The summed E-state index contributed by atoms with van der Waals surface area (Å²) in [5.41, 5.74) is 1.14. The Morgan fingerprint density at radius 3 is 2.67 bits per heavy atom. The predicted octanol–water partition coefficient (Wildman–Crippen LogP) is 1.76. The van der Waals surface area contributed by atoms with Crippen molar-refractivity contribution in [2.24, 2.45) is 0 Å². The number of nitrogens with one attached hydrogen (secondary N) is 2. The first-order valence-electron chi connectivity index (χ1n) is 5.51. The van der Waals surface area contributed by atoms with Crippen molar-refractivity contribution in [1.82, 2.24) is 10.6 Å². The van der Waals surface area contributed by atoms with Crippen LogP contribution in [0.15, 0.2) is 11.8 Å². The zero-order chi connectivity index (χ0) is 11.5. The molecule has 0 unspecified atom stereocenters. The summed E-state index contributed by atoms with van der Waals surface area (Å²) in [6.45, 7) is 4.90. The average molecular weight is 214 g/mol. The standard InChI is InChI=1S/C11H22N2O2/c1-3-10(2)9-13-11(15)12-7-5-4-6-8-14/h9,14H,3-8H2,1-2H3,(H2,12,13,15)/b10-9+. The first kappa shape index (κ1) is 14.0. The number of hydrogen-bond donors (Lipinski definition) is 3. The molecule has 0 rings (SSSR count). The Hall–Kier alpha value is -1.03. The molecule has 0 aliphatic heterocycles. The van der Waals surface area contributed by atoms with Crippen LogP contribution in [-0.2, 0) is 0 Å². The lowest BCUT2D eigenvalue weighted by Crippen LogP contribution is -2.33. The molecule has 0 saturated heterocycles. The van der Waals surface area contributed by atoms with E-state index in [4.69, 9.17) is 5.11 Å². The Bertz CT molecular complexity index is 203. The molecular weight excluding hydrogens is 192 g/mol. The van der Waals surface area contributed by atoms with Crippen LogP contribution in [0.25, 0.3) is 0 Å². The summed E-state index contributed by atoms with van der Waals surface area (Å²) < 4.78 is 0. The number of carbonyl (C=O) groups is 1. The number of aliphatic hydroxyl groups excluding tert-OH is 1. The van der Waals surface area contributed by atoms with Gasteiger partial charge in [0.1, 0.15) is 0 Å². The van der Waals surface area contributed by atoms with E-state index in [2.05, 4.69) is 10.6 Å². The summed E-state index contributed by atoms with van der Waals surface area (Å²) in [5, 5.41) is 13.9. The van der Waals surface area contributed by atoms with Gasteiger partial charge in [0.15, 0.2) is 0 Å². The van der Waals surface area contributed by atoms with Crippen molar-refractivity contribution in [1.29, 1.82) is 0 Å². The molecule has 0 aromatic heterocycles. The molecule has 0 aliphatic carbocycles. The molecule has 0 aliphatic rings. The van der Waals surface area contributed by atoms with E-state index in [9.17, 15) is 4.79 Å². The molecule has 15 heavy (non-hydrogen) atoms. The molecule has 0 radical (unpaired) electrons. The molecule has 3 N–H and O–H groups in total. The van der Waals surface area contributed by atoms with E-state index >= 15 is 0 Å². The number of allylic oxidation sites excluding steroid dienone is 1. The first-order valence-corrected chi connectivity index (χ1v) is 5.51. The van der Waals surface area contributed by atoms with Crippen LogP contribution >= 0.6 is 0 Å². The van der Waals surface area contributed by atoms with Crippen molar-refractivity contribution >= 4 is 6.03 Å². The van der Waals surface area contributed by atoms with E-state index in [1.165, 1.54) is 0 Å². The summed E-state index contributed by atoms with van der Waals surface area (Å²) in [6.07, 6.45) is 5.32. The fourth-order valence-corrected chi connectivity index (χ4v) is 0.957. The molecule has 0 fully saturated rings. The van der Waals surface area contributed by atoms with Crippen molar-refractivity contribution in [2.45, 2.75) is 39.5 Å². The molecule has 0 spiro atoms. The maximum atomic E-state index is 11.2. The third-order valence-corrected chi connectivity index (χ3v) is 2.13. The van der Waals surface area contributed by atoms with Crippen LogP contribution in [0, 0.1) is 0 Å². The summed E-state index contributed by atoms with van der Waals surface area (Å²) in [7, 11) is 0. The molecule has 2 amide bonds. The van der Waals surface area contributed by atoms with E-state index in [0.29, 0.717) is 6.54 Å². The van der Waals surface area contributed by atoms with E-state index in [0.717, 1.165) is 31.3 Å². The number of hydrogen-bond acceptors (Lipinski definition) is 2. The number of aliphatic hydroxyl groups is 1. The fraction of sp³-hybridized carbons (Fsp3) is 0.727. The summed E-state index contributed by atoms with van der Waals surface area (Å²) >= 11 is 0. The second-order valence-electron chi connectivity index (χ2n) is 3.53. The molecule has 0 saturated carbocycles. The van der Waals surface area contributed by atoms with Crippen LogP contribution in [-0.4, -0.2) is 24.3 Å². The quantitative estimate of drug-likeness (QED) is 0.565. The number of rotatable bonds is 7. The molecule has 0 bridgehead atoms. The Morgan fingerprint density at radius 1 is 1.33 bits per heavy atom. The zero-order valence-corrected chi connectivity index (χ0v) is 9.68. The highest BCUT2D eigenvalue weighted by atomic mass is 16.2. The Balaban J connectivity index is 3.41. The van der Waals surface area contributed by atoms with Gasteiger partial charge in [0, 0.05) is 19.4 Å². The maximum absolute atomic E-state index is 11.2. The minimum atomic E-state index is -0.160. The molecule has 0 aromatic carbocycles. The Morgan fingerprint density at radius 2 is 2.07 bits per heavy atom. The number of unbranched alkanes of at least 4 members (excludes halogenated alkanes) is 2. The van der Waals surface area contributed by atoms with Gasteiger partial charge in [-0.15, -0.1) is 0 Å². The average Bonchev–Trinajstić information content (AvgIpc) is 2.25. The third-order valence-electron chi connectivity index (χ3n) is 2.13. The smallest absolute Gasteiger partial charge is 0.318 e. The summed E-state index contributed by atoms with van der Waals surface area (Å²) in [5.74, 6) is 0. The molecule has 0 atom stereocenters. The topological polar surface area (TPSA) is 61.4 Å². The van der Waals surface area contributed by atoms with Crippen molar-refractivity contribution in [3.8, 4) is 0 Å². The summed E-state index contributed by atoms with van der Waals surface area (Å²) in [6, 6.07) is -0.160. The highest BCUT2D eigenvalue weighted by molar-refractivity contribution is 5.74. The van der Waals surface area contributed by atoms with Gasteiger partial charge in [-0.1, -0.05) is 12.5 Å². The van der Waals surface area contributed by atoms with Gasteiger partial charge in [-0.3, -0.25) is 0 Å². The molecule has 0 aromatic rings. The highest BCUT2D eigenvalue weighted by Crippen LogP contribution is 1.94. The van der Waals surface area contributed by atoms with Crippen molar-refractivity contribution in [2.75, 3.05) is 13.2 Å². The predicted molar refractivity (Wildman–Crippen MR) is 61.5 cm³/mol.